The molecule has 1 heterocycles. The lowest BCUT2D eigenvalue weighted by Gasteiger charge is -1.99. The molecule has 1 fully saturated rings. The molecule has 0 spiro atoms. The smallest absolute Gasteiger partial charge is 0.272 e. The first-order chi connectivity index (χ1) is 11.9. The Morgan fingerprint density at radius 3 is 2.56 bits per heavy atom. The van der Waals surface area contributed by atoms with Crippen LogP contribution in [0.1, 0.15) is 16.7 Å². The maximum Gasteiger partial charge on any atom is 0.272 e. The number of benzene rings is 2. The fraction of sp³-hybridized carbons (Fsp3) is 0.111. The zero-order chi connectivity index (χ0) is 18.0. The summed E-state index contributed by atoms with van der Waals surface area (Å²) in [5, 5.41) is 14.2. The van der Waals surface area contributed by atoms with Gasteiger partial charge < -0.3 is 5.32 Å². The minimum absolute atomic E-state index is 0.0336. The van der Waals surface area contributed by atoms with Crippen LogP contribution in [0.5, 0.6) is 0 Å². The highest BCUT2D eigenvalue weighted by Gasteiger charge is 2.24. The van der Waals surface area contributed by atoms with Crippen LogP contribution in [0.25, 0.3) is 6.08 Å². The van der Waals surface area contributed by atoms with Gasteiger partial charge in [0.1, 0.15) is 0 Å². The number of nitrogens with zero attached hydrogens (tertiary/aromatic N) is 2. The van der Waals surface area contributed by atoms with E-state index >= 15 is 0 Å². The van der Waals surface area contributed by atoms with Crippen LogP contribution in [0.4, 0.5) is 11.4 Å². The quantitative estimate of drug-likeness (QED) is 0.511. The second kappa shape index (κ2) is 6.90. The van der Waals surface area contributed by atoms with E-state index in [1.165, 1.54) is 17.8 Å². The number of carbonyl (C=O) groups is 1. The number of hydrogen-bond acceptors (Lipinski definition) is 5. The molecule has 0 atom stereocenters. The van der Waals surface area contributed by atoms with Crippen molar-refractivity contribution in [1.82, 2.24) is 5.32 Å². The fourth-order valence-corrected chi connectivity index (χ4v) is 3.12. The summed E-state index contributed by atoms with van der Waals surface area (Å²) in [6, 6.07) is 12.5. The van der Waals surface area contributed by atoms with Gasteiger partial charge in [-0.15, -0.1) is 0 Å². The van der Waals surface area contributed by atoms with Gasteiger partial charge in [-0.1, -0.05) is 29.8 Å². The first kappa shape index (κ1) is 16.9. The summed E-state index contributed by atoms with van der Waals surface area (Å²) in [7, 11) is 0. The van der Waals surface area contributed by atoms with Gasteiger partial charge >= 0.3 is 0 Å². The van der Waals surface area contributed by atoms with Crippen LogP contribution in [-0.4, -0.2) is 16.0 Å². The monoisotopic (exact) mass is 353 g/mol. The summed E-state index contributed by atoms with van der Waals surface area (Å²) in [5.41, 5.74) is 3.10. The van der Waals surface area contributed by atoms with Gasteiger partial charge in [0.05, 0.1) is 15.5 Å². The van der Waals surface area contributed by atoms with Crippen molar-refractivity contribution in [1.29, 1.82) is 0 Å². The zero-order valence-corrected chi connectivity index (χ0v) is 14.5. The molecule has 7 heteroatoms. The number of rotatable bonds is 3. The van der Waals surface area contributed by atoms with Crippen LogP contribution in [-0.2, 0) is 4.79 Å². The van der Waals surface area contributed by atoms with Crippen LogP contribution in [0.15, 0.2) is 52.4 Å². The third-order valence-electron chi connectivity index (χ3n) is 3.64. The molecule has 0 aromatic heterocycles. The molecular weight excluding hydrogens is 338 g/mol. The molecule has 2 aromatic rings. The number of nitro groups is 1. The Balaban J connectivity index is 1.85. The van der Waals surface area contributed by atoms with E-state index in [9.17, 15) is 14.9 Å². The van der Waals surface area contributed by atoms with Crippen molar-refractivity contribution in [2.45, 2.75) is 13.8 Å². The van der Waals surface area contributed by atoms with Gasteiger partial charge in [0.15, 0.2) is 5.17 Å². The lowest BCUT2D eigenvalue weighted by atomic mass is 10.1. The first-order valence-corrected chi connectivity index (χ1v) is 8.35. The molecule has 6 nitrogen and oxygen atoms in total. The predicted molar refractivity (Wildman–Crippen MR) is 99.8 cm³/mol. The second-order valence-electron chi connectivity index (χ2n) is 5.62. The number of amides is 1. The Morgan fingerprint density at radius 2 is 1.88 bits per heavy atom. The summed E-state index contributed by atoms with van der Waals surface area (Å²) in [6.45, 7) is 3.67. The Kier molecular flexibility index (Phi) is 4.67. The Morgan fingerprint density at radius 1 is 1.16 bits per heavy atom. The first-order valence-electron chi connectivity index (χ1n) is 7.54. The molecule has 1 aliphatic rings. The maximum absolute atomic E-state index is 12.1. The van der Waals surface area contributed by atoms with Crippen LogP contribution in [0.2, 0.25) is 0 Å². The SMILES string of the molecule is Cc1ccc(N=C2NC(=O)/C(=C\c3ccc(C)c([N+](=O)[O-])c3)S2)cc1. The molecule has 1 saturated heterocycles. The summed E-state index contributed by atoms with van der Waals surface area (Å²) >= 11 is 1.21. The van der Waals surface area contributed by atoms with Gasteiger partial charge in [-0.25, -0.2) is 4.99 Å². The van der Waals surface area contributed by atoms with Crippen LogP contribution in [0, 0.1) is 24.0 Å². The topological polar surface area (TPSA) is 84.6 Å². The molecule has 25 heavy (non-hydrogen) atoms. The molecule has 0 aliphatic carbocycles. The van der Waals surface area contributed by atoms with E-state index in [0.717, 1.165) is 11.3 Å². The van der Waals surface area contributed by atoms with Crippen molar-refractivity contribution in [2.24, 2.45) is 4.99 Å². The normalized spacial score (nSPS) is 17.1. The van der Waals surface area contributed by atoms with Gasteiger partial charge in [0, 0.05) is 11.6 Å². The van der Waals surface area contributed by atoms with Gasteiger partial charge in [0.2, 0.25) is 0 Å². The van der Waals surface area contributed by atoms with Crippen molar-refractivity contribution in [3.8, 4) is 0 Å². The van der Waals surface area contributed by atoms with E-state index in [1.807, 2.05) is 31.2 Å². The lowest BCUT2D eigenvalue weighted by Crippen LogP contribution is -2.19. The number of nitro benzene ring substituents is 1. The minimum Gasteiger partial charge on any atom is -0.300 e. The van der Waals surface area contributed by atoms with Gasteiger partial charge in [0.25, 0.3) is 11.6 Å². The summed E-state index contributed by atoms with van der Waals surface area (Å²) < 4.78 is 0. The number of aliphatic imine (C=N–C) groups is 1. The Labute approximate surface area is 148 Å². The average molecular weight is 353 g/mol. The van der Waals surface area contributed by atoms with Gasteiger partial charge in [-0.2, -0.15) is 0 Å². The molecule has 0 saturated carbocycles. The van der Waals surface area contributed by atoms with Crippen LogP contribution < -0.4 is 5.32 Å². The van der Waals surface area contributed by atoms with Crippen molar-refractivity contribution >= 4 is 40.3 Å². The molecule has 1 amide bonds. The van der Waals surface area contributed by atoms with E-state index in [-0.39, 0.29) is 11.6 Å². The van der Waals surface area contributed by atoms with Gasteiger partial charge in [-0.05, 0) is 49.4 Å². The predicted octanol–water partition coefficient (Wildman–Crippen LogP) is 4.10. The summed E-state index contributed by atoms with van der Waals surface area (Å²) in [6.07, 6.45) is 1.63. The average Bonchev–Trinajstić information content (AvgIpc) is 2.90. The van der Waals surface area contributed by atoms with E-state index in [0.29, 0.717) is 21.2 Å². The van der Waals surface area contributed by atoms with Gasteiger partial charge in [-0.3, -0.25) is 14.9 Å². The third kappa shape index (κ3) is 3.95. The molecule has 1 N–H and O–H groups in total. The van der Waals surface area contributed by atoms with Crippen molar-refractivity contribution in [3.63, 3.8) is 0 Å². The highest BCUT2D eigenvalue weighted by molar-refractivity contribution is 8.18. The summed E-state index contributed by atoms with van der Waals surface area (Å²) in [5.74, 6) is -0.265. The number of amidine groups is 1. The lowest BCUT2D eigenvalue weighted by molar-refractivity contribution is -0.385. The number of nitrogens with one attached hydrogen (secondary N) is 1. The van der Waals surface area contributed by atoms with Crippen LogP contribution in [0.3, 0.4) is 0 Å². The molecule has 0 radical (unpaired) electrons. The minimum atomic E-state index is -0.427. The molecule has 2 aromatic carbocycles. The van der Waals surface area contributed by atoms with E-state index in [2.05, 4.69) is 10.3 Å². The number of hydrogen-bond donors (Lipinski definition) is 1. The molecule has 0 unspecified atom stereocenters. The van der Waals surface area contributed by atoms with E-state index in [4.69, 9.17) is 0 Å². The second-order valence-corrected chi connectivity index (χ2v) is 6.65. The highest BCUT2D eigenvalue weighted by Crippen LogP contribution is 2.29. The Hall–Kier alpha value is -2.93. The van der Waals surface area contributed by atoms with E-state index < -0.39 is 4.92 Å². The van der Waals surface area contributed by atoms with E-state index in [1.54, 1.807) is 25.1 Å². The van der Waals surface area contributed by atoms with Crippen LogP contribution >= 0.6 is 11.8 Å². The zero-order valence-electron chi connectivity index (χ0n) is 13.6. The molecule has 1 aliphatic heterocycles. The summed E-state index contributed by atoms with van der Waals surface area (Å²) in [4.78, 5) is 27.6. The fourth-order valence-electron chi connectivity index (χ4n) is 2.28. The largest absolute Gasteiger partial charge is 0.300 e. The standard InChI is InChI=1S/C18H15N3O3S/c1-11-3-7-14(8-4-11)19-18-20-17(22)16(25-18)10-13-6-5-12(2)15(9-13)21(23)24/h3-10H,1-2H3,(H,19,20,22)/b16-10+. The third-order valence-corrected chi connectivity index (χ3v) is 4.55. The van der Waals surface area contributed by atoms with Crippen molar-refractivity contribution in [3.05, 3.63) is 74.2 Å². The number of thioether (sulfide) groups is 1. The molecular formula is C18H15N3O3S. The molecule has 3 rings (SSSR count). The maximum atomic E-state index is 12.1. The Bertz CT molecular complexity index is 918. The molecule has 0 bridgehead atoms. The highest BCUT2D eigenvalue weighted by atomic mass is 32.2. The van der Waals surface area contributed by atoms with Crippen molar-refractivity contribution in [2.75, 3.05) is 0 Å². The molecule has 126 valence electrons. The number of carbonyl (C=O) groups excluding carboxylic acids is 1. The van der Waals surface area contributed by atoms with Crippen molar-refractivity contribution < 1.29 is 9.72 Å². The number of aryl methyl sites for hydroxylation is 2.